The zero-order chi connectivity index (χ0) is 17.0. The molecule has 2 heterocycles. The maximum Gasteiger partial charge on any atom is 0.248 e. The SMILES string of the molecule is COc1cc(C)ccc1CNC(=O)C1(n2cccn2)CCNCC1. The fourth-order valence-corrected chi connectivity index (χ4v) is 3.26. The number of aryl methyl sites for hydroxylation is 1. The van der Waals surface area contributed by atoms with Crippen LogP contribution in [0.25, 0.3) is 0 Å². The van der Waals surface area contributed by atoms with E-state index in [2.05, 4.69) is 15.7 Å². The molecule has 0 atom stereocenters. The van der Waals surface area contributed by atoms with E-state index in [4.69, 9.17) is 4.74 Å². The van der Waals surface area contributed by atoms with Crippen molar-refractivity contribution in [2.45, 2.75) is 31.8 Å². The molecular weight excluding hydrogens is 304 g/mol. The van der Waals surface area contributed by atoms with Crippen molar-refractivity contribution in [3.63, 3.8) is 0 Å². The van der Waals surface area contributed by atoms with E-state index >= 15 is 0 Å². The second kappa shape index (κ2) is 7.05. The summed E-state index contributed by atoms with van der Waals surface area (Å²) < 4.78 is 7.22. The van der Waals surface area contributed by atoms with Crippen LogP contribution in [-0.2, 0) is 16.9 Å². The number of carbonyl (C=O) groups excluding carboxylic acids is 1. The highest BCUT2D eigenvalue weighted by Gasteiger charge is 2.41. The highest BCUT2D eigenvalue weighted by atomic mass is 16.5. The van der Waals surface area contributed by atoms with Gasteiger partial charge < -0.3 is 15.4 Å². The first-order valence-electron chi connectivity index (χ1n) is 8.28. The molecule has 0 aliphatic carbocycles. The Hall–Kier alpha value is -2.34. The van der Waals surface area contributed by atoms with Crippen molar-refractivity contribution >= 4 is 5.91 Å². The van der Waals surface area contributed by atoms with Gasteiger partial charge in [-0.1, -0.05) is 12.1 Å². The van der Waals surface area contributed by atoms with Crippen LogP contribution in [0.5, 0.6) is 5.75 Å². The van der Waals surface area contributed by atoms with Crippen molar-refractivity contribution in [2.24, 2.45) is 0 Å². The zero-order valence-electron chi connectivity index (χ0n) is 14.2. The van der Waals surface area contributed by atoms with Crippen molar-refractivity contribution in [1.29, 1.82) is 0 Å². The lowest BCUT2D eigenvalue weighted by Crippen LogP contribution is -2.54. The lowest BCUT2D eigenvalue weighted by molar-refractivity contribution is -0.132. The van der Waals surface area contributed by atoms with Crippen LogP contribution in [0.2, 0.25) is 0 Å². The van der Waals surface area contributed by atoms with Gasteiger partial charge in [0.1, 0.15) is 11.3 Å². The molecule has 0 saturated carbocycles. The van der Waals surface area contributed by atoms with Gasteiger partial charge in [0, 0.05) is 24.5 Å². The first-order valence-corrected chi connectivity index (χ1v) is 8.28. The van der Waals surface area contributed by atoms with Gasteiger partial charge >= 0.3 is 0 Å². The molecule has 1 aliphatic heterocycles. The number of nitrogens with zero attached hydrogens (tertiary/aromatic N) is 2. The number of amides is 1. The van der Waals surface area contributed by atoms with Gasteiger partial charge in [0.25, 0.3) is 0 Å². The Kier molecular flexibility index (Phi) is 4.85. The van der Waals surface area contributed by atoms with E-state index < -0.39 is 5.54 Å². The third-order valence-corrected chi connectivity index (χ3v) is 4.68. The van der Waals surface area contributed by atoms with E-state index in [1.165, 1.54) is 0 Å². The average Bonchev–Trinajstić information content (AvgIpc) is 3.16. The summed E-state index contributed by atoms with van der Waals surface area (Å²) in [6.07, 6.45) is 5.05. The molecule has 1 aliphatic rings. The number of hydrogen-bond acceptors (Lipinski definition) is 4. The summed E-state index contributed by atoms with van der Waals surface area (Å²) in [5.74, 6) is 0.809. The van der Waals surface area contributed by atoms with Crippen LogP contribution in [0.15, 0.2) is 36.7 Å². The molecule has 0 bridgehead atoms. The molecule has 2 N–H and O–H groups in total. The molecule has 1 saturated heterocycles. The van der Waals surface area contributed by atoms with Crippen LogP contribution < -0.4 is 15.4 Å². The van der Waals surface area contributed by atoms with Crippen LogP contribution in [0.4, 0.5) is 0 Å². The quantitative estimate of drug-likeness (QED) is 0.875. The first-order chi connectivity index (χ1) is 11.7. The fourth-order valence-electron chi connectivity index (χ4n) is 3.26. The number of carbonyl (C=O) groups is 1. The maximum atomic E-state index is 13.0. The average molecular weight is 328 g/mol. The summed E-state index contributed by atoms with van der Waals surface area (Å²) in [6.45, 7) is 4.08. The zero-order valence-corrected chi connectivity index (χ0v) is 14.2. The fraction of sp³-hybridized carbons (Fsp3) is 0.444. The summed E-state index contributed by atoms with van der Waals surface area (Å²) in [6, 6.07) is 7.87. The van der Waals surface area contributed by atoms with Gasteiger partial charge in [-0.2, -0.15) is 5.10 Å². The van der Waals surface area contributed by atoms with Crippen LogP contribution in [0, 0.1) is 6.92 Å². The summed E-state index contributed by atoms with van der Waals surface area (Å²) >= 11 is 0. The lowest BCUT2D eigenvalue weighted by atomic mass is 9.87. The van der Waals surface area contributed by atoms with Gasteiger partial charge in [-0.15, -0.1) is 0 Å². The molecule has 0 radical (unpaired) electrons. The van der Waals surface area contributed by atoms with Crippen LogP contribution in [-0.4, -0.2) is 35.9 Å². The Morgan fingerprint density at radius 1 is 1.42 bits per heavy atom. The highest BCUT2D eigenvalue weighted by molar-refractivity contribution is 5.84. The number of piperidine rings is 1. The second-order valence-electron chi connectivity index (χ2n) is 6.23. The standard InChI is InChI=1S/C18H24N4O2/c1-14-4-5-15(16(12-14)24-2)13-20-17(23)18(6-9-19-10-7-18)22-11-3-8-21-22/h3-5,8,11-12,19H,6-7,9-10,13H2,1-2H3,(H,20,23). The Labute approximate surface area is 142 Å². The largest absolute Gasteiger partial charge is 0.496 e. The van der Waals surface area contributed by atoms with E-state index in [1.54, 1.807) is 18.0 Å². The predicted molar refractivity (Wildman–Crippen MR) is 91.9 cm³/mol. The number of hydrogen-bond donors (Lipinski definition) is 2. The number of methoxy groups -OCH3 is 1. The van der Waals surface area contributed by atoms with Gasteiger partial charge in [-0.05, 0) is 50.6 Å². The van der Waals surface area contributed by atoms with Crippen molar-refractivity contribution in [2.75, 3.05) is 20.2 Å². The van der Waals surface area contributed by atoms with Crippen LogP contribution in [0.3, 0.4) is 0 Å². The Morgan fingerprint density at radius 3 is 2.88 bits per heavy atom. The molecule has 6 nitrogen and oxygen atoms in total. The van der Waals surface area contributed by atoms with Crippen LogP contribution >= 0.6 is 0 Å². The predicted octanol–water partition coefficient (Wildman–Crippen LogP) is 1.60. The molecule has 1 aromatic heterocycles. The molecule has 3 rings (SSSR count). The number of benzene rings is 1. The molecule has 0 spiro atoms. The van der Waals surface area contributed by atoms with Gasteiger partial charge in [-0.3, -0.25) is 9.48 Å². The van der Waals surface area contributed by atoms with Crippen molar-refractivity contribution in [1.82, 2.24) is 20.4 Å². The normalized spacial score (nSPS) is 16.6. The first kappa shape index (κ1) is 16.5. The smallest absolute Gasteiger partial charge is 0.248 e. The minimum Gasteiger partial charge on any atom is -0.496 e. The van der Waals surface area contributed by atoms with E-state index in [0.717, 1.165) is 42.8 Å². The number of ether oxygens (including phenoxy) is 1. The minimum absolute atomic E-state index is 0.00956. The molecule has 1 aromatic carbocycles. The number of nitrogens with one attached hydrogen (secondary N) is 2. The molecule has 24 heavy (non-hydrogen) atoms. The summed E-state index contributed by atoms with van der Waals surface area (Å²) in [5.41, 5.74) is 1.49. The molecule has 0 unspecified atom stereocenters. The summed E-state index contributed by atoms with van der Waals surface area (Å²) in [5, 5.41) is 10.7. The lowest BCUT2D eigenvalue weighted by Gasteiger charge is -2.36. The molecule has 6 heteroatoms. The Bertz CT molecular complexity index is 691. The van der Waals surface area contributed by atoms with E-state index in [9.17, 15) is 4.79 Å². The maximum absolute atomic E-state index is 13.0. The highest BCUT2D eigenvalue weighted by Crippen LogP contribution is 2.28. The Morgan fingerprint density at radius 2 is 2.21 bits per heavy atom. The third kappa shape index (κ3) is 3.14. The van der Waals surface area contributed by atoms with E-state index in [-0.39, 0.29) is 5.91 Å². The molecule has 1 amide bonds. The number of aromatic nitrogens is 2. The Balaban J connectivity index is 1.77. The van der Waals surface area contributed by atoms with Gasteiger partial charge in [0.2, 0.25) is 5.91 Å². The third-order valence-electron chi connectivity index (χ3n) is 4.68. The minimum atomic E-state index is -0.618. The molecule has 1 fully saturated rings. The molecule has 128 valence electrons. The molecule has 2 aromatic rings. The van der Waals surface area contributed by atoms with Gasteiger partial charge in [-0.25, -0.2) is 0 Å². The summed E-state index contributed by atoms with van der Waals surface area (Å²) in [7, 11) is 1.65. The number of rotatable bonds is 5. The van der Waals surface area contributed by atoms with E-state index in [0.29, 0.717) is 6.54 Å². The van der Waals surface area contributed by atoms with Crippen molar-refractivity contribution in [3.8, 4) is 5.75 Å². The topological polar surface area (TPSA) is 68.2 Å². The second-order valence-corrected chi connectivity index (χ2v) is 6.23. The van der Waals surface area contributed by atoms with Crippen molar-refractivity contribution < 1.29 is 9.53 Å². The van der Waals surface area contributed by atoms with Crippen LogP contribution in [0.1, 0.15) is 24.0 Å². The monoisotopic (exact) mass is 328 g/mol. The molecular formula is C18H24N4O2. The van der Waals surface area contributed by atoms with Gasteiger partial charge in [0.05, 0.1) is 7.11 Å². The van der Waals surface area contributed by atoms with E-state index in [1.807, 2.05) is 37.4 Å². The van der Waals surface area contributed by atoms with Crippen molar-refractivity contribution in [3.05, 3.63) is 47.8 Å². The van der Waals surface area contributed by atoms with Gasteiger partial charge in [0.15, 0.2) is 0 Å². The summed E-state index contributed by atoms with van der Waals surface area (Å²) in [4.78, 5) is 13.0.